The van der Waals surface area contributed by atoms with Gasteiger partial charge in [0.15, 0.2) is 6.10 Å². The molecule has 3 rings (SSSR count). The number of amidine groups is 1. The summed E-state index contributed by atoms with van der Waals surface area (Å²) in [6.45, 7) is 0.504. The Labute approximate surface area is 203 Å². The molecule has 4 N–H and O–H groups in total. The SMILES string of the molecule is COC(C(=O)NCc1ccc(C(=N)N)cc1)c1ccc(OCCc2ccc(F)cc2)cc1F.Cl. The Morgan fingerprint density at radius 1 is 1.03 bits per heavy atom. The maximum atomic E-state index is 14.7. The second-order valence-corrected chi connectivity index (χ2v) is 7.35. The zero-order chi connectivity index (χ0) is 23.8. The molecule has 0 radical (unpaired) electrons. The third-order valence-electron chi connectivity index (χ3n) is 5.03. The number of hydrogen-bond acceptors (Lipinski definition) is 4. The van der Waals surface area contributed by atoms with Gasteiger partial charge in [0.2, 0.25) is 0 Å². The number of rotatable bonds is 10. The first-order valence-corrected chi connectivity index (χ1v) is 10.3. The van der Waals surface area contributed by atoms with E-state index in [9.17, 15) is 13.6 Å². The van der Waals surface area contributed by atoms with Crippen LogP contribution in [-0.4, -0.2) is 25.5 Å². The van der Waals surface area contributed by atoms with Crippen LogP contribution in [0.2, 0.25) is 0 Å². The summed E-state index contributed by atoms with van der Waals surface area (Å²) in [5.41, 5.74) is 7.81. The maximum absolute atomic E-state index is 14.7. The lowest BCUT2D eigenvalue weighted by Gasteiger charge is -2.17. The molecule has 0 bridgehead atoms. The minimum absolute atomic E-state index is 0. The van der Waals surface area contributed by atoms with E-state index in [2.05, 4.69) is 5.32 Å². The van der Waals surface area contributed by atoms with Crippen molar-refractivity contribution in [1.29, 1.82) is 5.41 Å². The smallest absolute Gasteiger partial charge is 0.254 e. The van der Waals surface area contributed by atoms with Gasteiger partial charge in [-0.1, -0.05) is 36.4 Å². The molecule has 1 amide bonds. The zero-order valence-electron chi connectivity index (χ0n) is 18.5. The number of carbonyl (C=O) groups is 1. The first-order valence-electron chi connectivity index (χ1n) is 10.3. The van der Waals surface area contributed by atoms with Gasteiger partial charge in [-0.25, -0.2) is 8.78 Å². The highest BCUT2D eigenvalue weighted by Gasteiger charge is 2.23. The molecule has 3 aromatic carbocycles. The van der Waals surface area contributed by atoms with Crippen LogP contribution in [-0.2, 0) is 22.5 Å². The minimum atomic E-state index is -1.13. The molecule has 1 unspecified atom stereocenters. The Morgan fingerprint density at radius 2 is 1.68 bits per heavy atom. The van der Waals surface area contributed by atoms with Gasteiger partial charge in [-0.15, -0.1) is 12.4 Å². The lowest BCUT2D eigenvalue weighted by molar-refractivity contribution is -0.131. The Hall–Kier alpha value is -3.49. The molecule has 0 aliphatic carbocycles. The standard InChI is InChI=1S/C25H25F2N3O3.ClH/c1-32-23(25(31)30-15-17-2-6-18(7-3-17)24(28)29)21-11-10-20(14-22(21)27)33-13-12-16-4-8-19(26)9-5-16;/h2-11,14,23H,12-13,15H2,1H3,(H3,28,29)(H,30,31);1H. The molecule has 0 fully saturated rings. The van der Waals surface area contributed by atoms with Crippen LogP contribution in [0.1, 0.15) is 28.4 Å². The van der Waals surface area contributed by atoms with Crippen LogP contribution in [0.25, 0.3) is 0 Å². The van der Waals surface area contributed by atoms with Gasteiger partial charge in [0.25, 0.3) is 5.91 Å². The summed E-state index contributed by atoms with van der Waals surface area (Å²) < 4.78 is 38.5. The highest BCUT2D eigenvalue weighted by Crippen LogP contribution is 2.25. The van der Waals surface area contributed by atoms with Gasteiger partial charge in [0.1, 0.15) is 23.2 Å². The highest BCUT2D eigenvalue weighted by atomic mass is 35.5. The minimum Gasteiger partial charge on any atom is -0.493 e. The van der Waals surface area contributed by atoms with E-state index in [1.54, 1.807) is 42.5 Å². The van der Waals surface area contributed by atoms with E-state index < -0.39 is 17.8 Å². The van der Waals surface area contributed by atoms with Crippen molar-refractivity contribution in [3.63, 3.8) is 0 Å². The Morgan fingerprint density at radius 3 is 2.26 bits per heavy atom. The highest BCUT2D eigenvalue weighted by molar-refractivity contribution is 5.94. The lowest BCUT2D eigenvalue weighted by atomic mass is 10.1. The van der Waals surface area contributed by atoms with Crippen LogP contribution in [0.3, 0.4) is 0 Å². The van der Waals surface area contributed by atoms with E-state index in [0.29, 0.717) is 24.3 Å². The predicted molar refractivity (Wildman–Crippen MR) is 128 cm³/mol. The van der Waals surface area contributed by atoms with E-state index in [4.69, 9.17) is 20.6 Å². The summed E-state index contributed by atoms with van der Waals surface area (Å²) in [6, 6.07) is 17.2. The van der Waals surface area contributed by atoms with Gasteiger partial charge in [-0.2, -0.15) is 0 Å². The summed E-state index contributed by atoms with van der Waals surface area (Å²) in [5, 5.41) is 10.1. The number of ether oxygens (including phenoxy) is 2. The van der Waals surface area contributed by atoms with Crippen LogP contribution in [0, 0.1) is 17.0 Å². The molecule has 0 saturated heterocycles. The summed E-state index contributed by atoms with van der Waals surface area (Å²) >= 11 is 0. The van der Waals surface area contributed by atoms with E-state index in [-0.39, 0.29) is 36.2 Å². The van der Waals surface area contributed by atoms with Gasteiger partial charge in [-0.05, 0) is 35.4 Å². The zero-order valence-corrected chi connectivity index (χ0v) is 19.3. The van der Waals surface area contributed by atoms with Crippen molar-refractivity contribution in [2.24, 2.45) is 5.73 Å². The fourth-order valence-electron chi connectivity index (χ4n) is 3.21. The summed E-state index contributed by atoms with van der Waals surface area (Å²) in [6.07, 6.45) is -0.588. The van der Waals surface area contributed by atoms with Gasteiger partial charge in [-0.3, -0.25) is 10.2 Å². The molecule has 3 aromatic rings. The number of nitrogens with one attached hydrogen (secondary N) is 2. The first-order chi connectivity index (χ1) is 15.9. The van der Waals surface area contributed by atoms with Crippen molar-refractivity contribution < 1.29 is 23.0 Å². The van der Waals surface area contributed by atoms with Gasteiger partial charge >= 0.3 is 0 Å². The Bertz CT molecular complexity index is 1110. The monoisotopic (exact) mass is 489 g/mol. The molecule has 0 heterocycles. The number of halogens is 3. The van der Waals surface area contributed by atoms with Gasteiger partial charge in [0.05, 0.1) is 6.61 Å². The topological polar surface area (TPSA) is 97.4 Å². The van der Waals surface area contributed by atoms with Crippen LogP contribution < -0.4 is 15.8 Å². The number of hydrogen-bond donors (Lipinski definition) is 3. The molecule has 9 heteroatoms. The van der Waals surface area contributed by atoms with Crippen LogP contribution in [0.4, 0.5) is 8.78 Å². The first kappa shape index (κ1) is 26.8. The third kappa shape index (κ3) is 7.26. The van der Waals surface area contributed by atoms with Gasteiger partial charge in [0, 0.05) is 37.3 Å². The quantitative estimate of drug-likeness (QED) is 0.292. The van der Waals surface area contributed by atoms with Crippen molar-refractivity contribution in [2.75, 3.05) is 13.7 Å². The molecule has 0 aliphatic rings. The van der Waals surface area contributed by atoms with Crippen molar-refractivity contribution in [2.45, 2.75) is 19.1 Å². The van der Waals surface area contributed by atoms with Crippen molar-refractivity contribution in [1.82, 2.24) is 5.32 Å². The molecule has 0 aliphatic heterocycles. The van der Waals surface area contributed by atoms with Gasteiger partial charge < -0.3 is 20.5 Å². The summed E-state index contributed by atoms with van der Waals surface area (Å²) in [5.74, 6) is -1.14. The number of nitrogen functional groups attached to an aromatic ring is 1. The molecular formula is C25H26ClF2N3O3. The molecular weight excluding hydrogens is 464 g/mol. The Kier molecular flexibility index (Phi) is 9.97. The second kappa shape index (κ2) is 12.7. The molecule has 0 aromatic heterocycles. The average molecular weight is 490 g/mol. The molecule has 0 spiro atoms. The molecule has 0 saturated carbocycles. The van der Waals surface area contributed by atoms with Crippen LogP contribution in [0.5, 0.6) is 5.75 Å². The molecule has 180 valence electrons. The molecule has 34 heavy (non-hydrogen) atoms. The molecule has 6 nitrogen and oxygen atoms in total. The number of benzene rings is 3. The van der Waals surface area contributed by atoms with Crippen molar-refractivity contribution >= 4 is 24.1 Å². The van der Waals surface area contributed by atoms with Crippen LogP contribution in [0.15, 0.2) is 66.7 Å². The van der Waals surface area contributed by atoms with Crippen molar-refractivity contribution in [3.05, 3.63) is 101 Å². The average Bonchev–Trinajstić information content (AvgIpc) is 2.81. The largest absolute Gasteiger partial charge is 0.493 e. The van der Waals surface area contributed by atoms with E-state index >= 15 is 0 Å². The number of nitrogens with two attached hydrogens (primary N) is 1. The van der Waals surface area contributed by atoms with Crippen LogP contribution >= 0.6 is 12.4 Å². The Balaban J connectivity index is 0.00000408. The maximum Gasteiger partial charge on any atom is 0.254 e. The van der Waals surface area contributed by atoms with E-state index in [1.807, 2.05) is 0 Å². The summed E-state index contributed by atoms with van der Waals surface area (Å²) in [7, 11) is 1.33. The number of amides is 1. The van der Waals surface area contributed by atoms with E-state index in [0.717, 1.165) is 11.1 Å². The normalized spacial score (nSPS) is 11.3. The van der Waals surface area contributed by atoms with Crippen molar-refractivity contribution in [3.8, 4) is 5.75 Å². The lowest BCUT2D eigenvalue weighted by Crippen LogP contribution is -2.30. The predicted octanol–water partition coefficient (Wildman–Crippen LogP) is 4.30. The summed E-state index contributed by atoms with van der Waals surface area (Å²) in [4.78, 5) is 12.6. The fourth-order valence-corrected chi connectivity index (χ4v) is 3.21. The number of methoxy groups -OCH3 is 1. The second-order valence-electron chi connectivity index (χ2n) is 7.35. The van der Waals surface area contributed by atoms with E-state index in [1.165, 1.54) is 31.4 Å². The fraction of sp³-hybridized carbons (Fsp3) is 0.200. The molecule has 1 atom stereocenters. The number of carbonyl (C=O) groups excluding carboxylic acids is 1. The third-order valence-corrected chi connectivity index (χ3v) is 5.03.